The molecule has 3 aromatic rings. The van der Waals surface area contributed by atoms with Crippen molar-refractivity contribution in [2.45, 2.75) is 0 Å². The molecule has 0 radical (unpaired) electrons. The van der Waals surface area contributed by atoms with E-state index >= 15 is 0 Å². The number of amides is 1. The Hall–Kier alpha value is -3.63. The van der Waals surface area contributed by atoms with Crippen molar-refractivity contribution in [3.63, 3.8) is 0 Å². The van der Waals surface area contributed by atoms with Crippen molar-refractivity contribution >= 4 is 28.5 Å². The van der Waals surface area contributed by atoms with Gasteiger partial charge in [-0.3, -0.25) is 10.1 Å². The van der Waals surface area contributed by atoms with E-state index < -0.39 is 5.91 Å². The molecule has 6 nitrogen and oxygen atoms in total. The molecule has 1 heterocycles. The average molecular weight is 391 g/mol. The summed E-state index contributed by atoms with van der Waals surface area (Å²) in [7, 11) is 3.14. The van der Waals surface area contributed by atoms with Crippen molar-refractivity contribution in [3.05, 3.63) is 65.0 Å². The third-order valence-electron chi connectivity index (χ3n) is 3.89. The maximum Gasteiger partial charge on any atom is 0.268 e. The van der Waals surface area contributed by atoms with Crippen LogP contribution in [0, 0.1) is 11.3 Å². The van der Waals surface area contributed by atoms with Crippen LogP contribution in [0.15, 0.2) is 59.5 Å². The molecule has 7 heteroatoms. The Bertz CT molecular complexity index is 1070. The van der Waals surface area contributed by atoms with E-state index in [4.69, 9.17) is 9.47 Å². The molecule has 0 aliphatic rings. The first kappa shape index (κ1) is 19.1. The molecule has 3 rings (SSSR count). The highest BCUT2D eigenvalue weighted by Crippen LogP contribution is 2.28. The Morgan fingerprint density at radius 1 is 1.18 bits per heavy atom. The first-order valence-electron chi connectivity index (χ1n) is 8.30. The molecule has 0 unspecified atom stereocenters. The van der Waals surface area contributed by atoms with Crippen molar-refractivity contribution in [2.75, 3.05) is 19.5 Å². The molecule has 0 aliphatic carbocycles. The van der Waals surface area contributed by atoms with Gasteiger partial charge in [0.15, 0.2) is 5.13 Å². The molecule has 0 saturated carbocycles. The molecule has 28 heavy (non-hydrogen) atoms. The van der Waals surface area contributed by atoms with Crippen molar-refractivity contribution < 1.29 is 14.3 Å². The van der Waals surface area contributed by atoms with Crippen LogP contribution < -0.4 is 14.8 Å². The molecular formula is C21H17N3O3S. The molecule has 0 bridgehead atoms. The zero-order valence-electron chi connectivity index (χ0n) is 15.3. The molecule has 1 N–H and O–H groups in total. The van der Waals surface area contributed by atoms with Crippen LogP contribution in [0.25, 0.3) is 17.3 Å². The van der Waals surface area contributed by atoms with Gasteiger partial charge in [-0.25, -0.2) is 4.98 Å². The summed E-state index contributed by atoms with van der Waals surface area (Å²) in [5.74, 6) is 0.778. The summed E-state index contributed by atoms with van der Waals surface area (Å²) in [6, 6.07) is 16.6. The maximum absolute atomic E-state index is 12.5. The van der Waals surface area contributed by atoms with Crippen molar-refractivity contribution in [1.82, 2.24) is 4.98 Å². The molecule has 0 saturated heterocycles. The predicted molar refractivity (Wildman–Crippen MR) is 109 cm³/mol. The fourth-order valence-electron chi connectivity index (χ4n) is 2.50. The quantitative estimate of drug-likeness (QED) is 0.498. The van der Waals surface area contributed by atoms with Crippen LogP contribution in [-0.4, -0.2) is 25.1 Å². The third-order valence-corrected chi connectivity index (χ3v) is 4.65. The summed E-state index contributed by atoms with van der Waals surface area (Å²) in [5.41, 5.74) is 2.20. The number of hydrogen-bond acceptors (Lipinski definition) is 6. The van der Waals surface area contributed by atoms with Gasteiger partial charge in [-0.1, -0.05) is 30.3 Å². The van der Waals surface area contributed by atoms with Crippen molar-refractivity contribution in [2.24, 2.45) is 0 Å². The fraction of sp³-hybridized carbons (Fsp3) is 0.0952. The van der Waals surface area contributed by atoms with Crippen molar-refractivity contribution in [1.29, 1.82) is 5.26 Å². The number of nitrogens with zero attached hydrogens (tertiary/aromatic N) is 2. The van der Waals surface area contributed by atoms with E-state index in [0.29, 0.717) is 22.1 Å². The summed E-state index contributed by atoms with van der Waals surface area (Å²) in [5, 5.41) is 14.3. The highest BCUT2D eigenvalue weighted by atomic mass is 32.1. The van der Waals surface area contributed by atoms with Gasteiger partial charge in [-0.15, -0.1) is 11.3 Å². The second kappa shape index (κ2) is 8.84. The fourth-order valence-corrected chi connectivity index (χ4v) is 3.22. The van der Waals surface area contributed by atoms with Gasteiger partial charge in [0.1, 0.15) is 23.1 Å². The Morgan fingerprint density at radius 3 is 2.75 bits per heavy atom. The minimum absolute atomic E-state index is 0.0392. The van der Waals surface area contributed by atoms with E-state index in [2.05, 4.69) is 10.3 Å². The number of aromatic nitrogens is 1. The molecule has 0 aliphatic heterocycles. The Balaban J connectivity index is 1.79. The van der Waals surface area contributed by atoms with Gasteiger partial charge in [0.05, 0.1) is 19.9 Å². The molecular weight excluding hydrogens is 374 g/mol. The summed E-state index contributed by atoms with van der Waals surface area (Å²) in [6.45, 7) is 0. The molecule has 1 aromatic heterocycles. The normalized spacial score (nSPS) is 10.8. The number of thiazole rings is 1. The second-order valence-electron chi connectivity index (χ2n) is 5.64. The third kappa shape index (κ3) is 4.37. The largest absolute Gasteiger partial charge is 0.497 e. The highest BCUT2D eigenvalue weighted by Gasteiger charge is 2.14. The lowest BCUT2D eigenvalue weighted by atomic mass is 10.1. The summed E-state index contributed by atoms with van der Waals surface area (Å²) >= 11 is 1.28. The van der Waals surface area contributed by atoms with Gasteiger partial charge >= 0.3 is 0 Å². The first-order chi connectivity index (χ1) is 13.6. The van der Waals surface area contributed by atoms with Gasteiger partial charge in [-0.2, -0.15) is 5.26 Å². The van der Waals surface area contributed by atoms with Crippen LogP contribution in [0.4, 0.5) is 5.13 Å². The number of rotatable bonds is 6. The van der Waals surface area contributed by atoms with Crippen LogP contribution in [0.1, 0.15) is 5.56 Å². The van der Waals surface area contributed by atoms with E-state index in [1.807, 2.05) is 47.8 Å². The van der Waals surface area contributed by atoms with Gasteiger partial charge < -0.3 is 9.47 Å². The number of anilines is 1. The van der Waals surface area contributed by atoms with E-state index in [-0.39, 0.29) is 5.57 Å². The number of carbonyl (C=O) groups is 1. The number of ether oxygens (including phenoxy) is 2. The van der Waals surface area contributed by atoms with Crippen LogP contribution in [-0.2, 0) is 4.79 Å². The van der Waals surface area contributed by atoms with Gasteiger partial charge in [0.25, 0.3) is 5.91 Å². The minimum atomic E-state index is -0.528. The lowest BCUT2D eigenvalue weighted by Crippen LogP contribution is -2.13. The zero-order valence-corrected chi connectivity index (χ0v) is 16.1. The number of hydrogen-bond donors (Lipinski definition) is 1. The molecule has 1 amide bonds. The van der Waals surface area contributed by atoms with E-state index in [1.165, 1.54) is 24.5 Å². The number of nitrogens with one attached hydrogen (secondary N) is 1. The standard InChI is InChI=1S/C21H17N3O3S/c1-26-17-8-5-7-14(11-17)18-13-28-21(23-18)24-20(25)16(12-22)10-15-6-3-4-9-19(15)27-2/h3-11,13H,1-2H3,(H,23,24,25)/b16-10+. The molecule has 0 fully saturated rings. The Morgan fingerprint density at radius 2 is 2.00 bits per heavy atom. The lowest BCUT2D eigenvalue weighted by molar-refractivity contribution is -0.112. The zero-order chi connectivity index (χ0) is 19.9. The van der Waals surface area contributed by atoms with E-state index in [1.54, 1.807) is 19.2 Å². The van der Waals surface area contributed by atoms with Crippen molar-refractivity contribution in [3.8, 4) is 28.8 Å². The van der Waals surface area contributed by atoms with Crippen LogP contribution in [0.3, 0.4) is 0 Å². The van der Waals surface area contributed by atoms with Gasteiger partial charge in [-0.05, 0) is 24.3 Å². The Labute approximate surface area is 166 Å². The number of nitriles is 1. The monoisotopic (exact) mass is 391 g/mol. The smallest absolute Gasteiger partial charge is 0.268 e. The lowest BCUT2D eigenvalue weighted by Gasteiger charge is -2.05. The van der Waals surface area contributed by atoms with E-state index in [0.717, 1.165) is 11.3 Å². The first-order valence-corrected chi connectivity index (χ1v) is 9.18. The molecule has 140 valence electrons. The Kier molecular flexibility index (Phi) is 6.04. The SMILES string of the molecule is COc1cccc(-c2csc(NC(=O)/C(C#N)=C/c3ccccc3OC)n2)c1. The predicted octanol–water partition coefficient (Wildman–Crippen LogP) is 4.37. The minimum Gasteiger partial charge on any atom is -0.497 e. The molecule has 0 spiro atoms. The van der Waals surface area contributed by atoms with E-state index in [9.17, 15) is 10.1 Å². The summed E-state index contributed by atoms with van der Waals surface area (Å²) < 4.78 is 10.5. The molecule has 0 atom stereocenters. The summed E-state index contributed by atoms with van der Waals surface area (Å²) in [6.07, 6.45) is 1.49. The number of para-hydroxylation sites is 1. The number of carbonyl (C=O) groups excluding carboxylic acids is 1. The topological polar surface area (TPSA) is 84.2 Å². The average Bonchev–Trinajstić information content (AvgIpc) is 3.20. The van der Waals surface area contributed by atoms with Gasteiger partial charge in [0, 0.05) is 16.5 Å². The van der Waals surface area contributed by atoms with Crippen LogP contribution in [0.2, 0.25) is 0 Å². The second-order valence-corrected chi connectivity index (χ2v) is 6.49. The summed E-state index contributed by atoms with van der Waals surface area (Å²) in [4.78, 5) is 16.9. The van der Waals surface area contributed by atoms with Crippen LogP contribution in [0.5, 0.6) is 11.5 Å². The maximum atomic E-state index is 12.5. The number of methoxy groups -OCH3 is 2. The molecule has 2 aromatic carbocycles. The highest BCUT2D eigenvalue weighted by molar-refractivity contribution is 7.14. The van der Waals surface area contributed by atoms with Gasteiger partial charge in [0.2, 0.25) is 0 Å². The number of benzene rings is 2. The van der Waals surface area contributed by atoms with Crippen LogP contribution >= 0.6 is 11.3 Å².